The van der Waals surface area contributed by atoms with E-state index in [1.807, 2.05) is 6.07 Å². The first-order valence-corrected chi connectivity index (χ1v) is 5.97. The van der Waals surface area contributed by atoms with E-state index in [4.69, 9.17) is 23.2 Å². The van der Waals surface area contributed by atoms with Gasteiger partial charge in [-0.2, -0.15) is 0 Å². The molecule has 0 unspecified atom stereocenters. The van der Waals surface area contributed by atoms with Crippen LogP contribution in [0.5, 0.6) is 0 Å². The minimum atomic E-state index is 0.325. The van der Waals surface area contributed by atoms with Crippen molar-refractivity contribution in [2.24, 2.45) is 5.92 Å². The van der Waals surface area contributed by atoms with Crippen molar-refractivity contribution in [1.29, 1.82) is 0 Å². The molecular weight excluding hydrogens is 231 g/mol. The van der Waals surface area contributed by atoms with Gasteiger partial charge in [0, 0.05) is 11.6 Å². The maximum Gasteiger partial charge on any atom is 0.135 e. The predicted molar refractivity (Wildman–Crippen MR) is 63.4 cm³/mol. The average Bonchev–Trinajstić information content (AvgIpc) is 2.17. The molecular formula is C11H14Cl2N2. The van der Waals surface area contributed by atoms with Gasteiger partial charge in [-0.05, 0) is 31.4 Å². The number of nitrogens with one attached hydrogen (secondary N) is 1. The molecule has 1 aromatic rings. The lowest BCUT2D eigenvalue weighted by molar-refractivity contribution is 0.325. The molecule has 2 atom stereocenters. The van der Waals surface area contributed by atoms with Crippen LogP contribution in [0.25, 0.3) is 0 Å². The molecule has 0 aliphatic carbocycles. The molecule has 1 saturated heterocycles. The summed E-state index contributed by atoms with van der Waals surface area (Å²) in [6.45, 7) is 3.32. The summed E-state index contributed by atoms with van der Waals surface area (Å²) < 4.78 is 0. The maximum atomic E-state index is 6.08. The van der Waals surface area contributed by atoms with Gasteiger partial charge in [0.15, 0.2) is 0 Å². The lowest BCUT2D eigenvalue weighted by Gasteiger charge is -2.28. The molecule has 0 aromatic carbocycles. The minimum Gasteiger partial charge on any atom is -0.310 e. The monoisotopic (exact) mass is 244 g/mol. The quantitative estimate of drug-likeness (QED) is 0.766. The number of rotatable bonds is 1. The molecule has 1 fully saturated rings. The molecule has 0 saturated carbocycles. The fraction of sp³-hybridized carbons (Fsp3) is 0.545. The molecule has 2 rings (SSSR count). The number of hydrogen-bond acceptors (Lipinski definition) is 2. The molecule has 0 radical (unpaired) electrons. The first kappa shape index (κ1) is 11.2. The smallest absolute Gasteiger partial charge is 0.135 e. The largest absolute Gasteiger partial charge is 0.310 e. The highest BCUT2D eigenvalue weighted by Gasteiger charge is 2.22. The topological polar surface area (TPSA) is 24.9 Å². The van der Waals surface area contributed by atoms with E-state index in [-0.39, 0.29) is 0 Å². The van der Waals surface area contributed by atoms with Crippen molar-refractivity contribution >= 4 is 23.2 Å². The Balaban J connectivity index is 2.21. The van der Waals surface area contributed by atoms with Crippen LogP contribution in [0.1, 0.15) is 31.4 Å². The van der Waals surface area contributed by atoms with E-state index in [1.165, 1.54) is 6.42 Å². The second kappa shape index (κ2) is 4.69. The predicted octanol–water partition coefficient (Wildman–Crippen LogP) is 3.45. The Morgan fingerprint density at radius 2 is 2.20 bits per heavy atom. The molecule has 2 heterocycles. The van der Waals surface area contributed by atoms with Gasteiger partial charge in [-0.1, -0.05) is 36.2 Å². The number of piperidine rings is 1. The number of halogens is 2. The Morgan fingerprint density at radius 3 is 2.87 bits per heavy atom. The molecule has 0 bridgehead atoms. The third kappa shape index (κ3) is 2.63. The average molecular weight is 245 g/mol. The van der Waals surface area contributed by atoms with Gasteiger partial charge in [0.2, 0.25) is 0 Å². The highest BCUT2D eigenvalue weighted by Crippen LogP contribution is 2.31. The molecule has 1 N–H and O–H groups in total. The maximum absolute atomic E-state index is 6.08. The third-order valence-electron chi connectivity index (χ3n) is 2.88. The van der Waals surface area contributed by atoms with E-state index < -0.39 is 0 Å². The van der Waals surface area contributed by atoms with Gasteiger partial charge < -0.3 is 5.32 Å². The van der Waals surface area contributed by atoms with Gasteiger partial charge >= 0.3 is 0 Å². The second-order valence-corrected chi connectivity index (χ2v) is 4.90. The number of hydrogen-bond donors (Lipinski definition) is 1. The molecule has 15 heavy (non-hydrogen) atoms. The molecule has 0 amide bonds. The van der Waals surface area contributed by atoms with Crippen LogP contribution in [0.2, 0.25) is 10.3 Å². The Labute approximate surface area is 100.0 Å². The van der Waals surface area contributed by atoms with Crippen molar-refractivity contribution in [3.8, 4) is 0 Å². The summed E-state index contributed by atoms with van der Waals surface area (Å²) in [6, 6.07) is 4.09. The van der Waals surface area contributed by atoms with Crippen LogP contribution in [0.4, 0.5) is 0 Å². The number of nitrogens with zero attached hydrogens (tertiary/aromatic N) is 1. The molecule has 0 spiro atoms. The molecule has 1 aromatic heterocycles. The van der Waals surface area contributed by atoms with Crippen molar-refractivity contribution < 1.29 is 0 Å². The zero-order valence-electron chi connectivity index (χ0n) is 8.63. The van der Waals surface area contributed by atoms with Crippen molar-refractivity contribution in [2.75, 3.05) is 6.54 Å². The Bertz CT molecular complexity index is 354. The Kier molecular flexibility index (Phi) is 3.49. The van der Waals surface area contributed by atoms with Gasteiger partial charge in [-0.25, -0.2) is 4.98 Å². The van der Waals surface area contributed by atoms with Crippen LogP contribution in [0, 0.1) is 5.92 Å². The van der Waals surface area contributed by atoms with E-state index in [0.717, 1.165) is 24.4 Å². The summed E-state index contributed by atoms with van der Waals surface area (Å²) in [7, 11) is 0. The zero-order chi connectivity index (χ0) is 10.8. The molecule has 2 nitrogen and oxygen atoms in total. The SMILES string of the molecule is C[C@H]1CCN[C@@H](c2ccc(Cl)nc2Cl)C1. The van der Waals surface area contributed by atoms with Crippen molar-refractivity contribution in [3.05, 3.63) is 28.0 Å². The number of pyridine rings is 1. The lowest BCUT2D eigenvalue weighted by atomic mass is 9.91. The highest BCUT2D eigenvalue weighted by atomic mass is 35.5. The minimum absolute atomic E-state index is 0.325. The molecule has 1 aliphatic heterocycles. The van der Waals surface area contributed by atoms with E-state index in [1.54, 1.807) is 6.07 Å². The Morgan fingerprint density at radius 1 is 1.40 bits per heavy atom. The van der Waals surface area contributed by atoms with Gasteiger partial charge in [0.1, 0.15) is 10.3 Å². The summed E-state index contributed by atoms with van der Waals surface area (Å²) in [5.74, 6) is 0.739. The molecule has 1 aliphatic rings. The zero-order valence-corrected chi connectivity index (χ0v) is 10.1. The standard InChI is InChI=1S/C11H14Cl2N2/c1-7-4-5-14-9(6-7)8-2-3-10(12)15-11(8)13/h2-3,7,9,14H,4-6H2,1H3/t7-,9+/m0/s1. The summed E-state index contributed by atoms with van der Waals surface area (Å²) >= 11 is 11.8. The van der Waals surface area contributed by atoms with Crippen LogP contribution >= 0.6 is 23.2 Å². The molecule has 82 valence electrons. The van der Waals surface area contributed by atoms with E-state index >= 15 is 0 Å². The first-order valence-electron chi connectivity index (χ1n) is 5.22. The summed E-state index contributed by atoms with van der Waals surface area (Å²) in [4.78, 5) is 4.06. The number of aromatic nitrogens is 1. The van der Waals surface area contributed by atoms with Crippen molar-refractivity contribution in [1.82, 2.24) is 10.3 Å². The van der Waals surface area contributed by atoms with Gasteiger partial charge in [0.25, 0.3) is 0 Å². The van der Waals surface area contributed by atoms with Gasteiger partial charge in [-0.15, -0.1) is 0 Å². The first-order chi connectivity index (χ1) is 7.16. The van der Waals surface area contributed by atoms with Gasteiger partial charge in [-0.3, -0.25) is 0 Å². The van der Waals surface area contributed by atoms with Crippen molar-refractivity contribution in [2.45, 2.75) is 25.8 Å². The normalized spacial score (nSPS) is 26.6. The fourth-order valence-electron chi connectivity index (χ4n) is 2.03. The third-order valence-corrected chi connectivity index (χ3v) is 3.40. The second-order valence-electron chi connectivity index (χ2n) is 4.15. The highest BCUT2D eigenvalue weighted by molar-refractivity contribution is 6.32. The van der Waals surface area contributed by atoms with Crippen LogP contribution < -0.4 is 5.32 Å². The fourth-order valence-corrected chi connectivity index (χ4v) is 2.50. The van der Waals surface area contributed by atoms with E-state index in [2.05, 4.69) is 17.2 Å². The Hall–Kier alpha value is -0.310. The van der Waals surface area contributed by atoms with E-state index in [9.17, 15) is 0 Å². The van der Waals surface area contributed by atoms with Crippen LogP contribution in [-0.4, -0.2) is 11.5 Å². The summed E-state index contributed by atoms with van der Waals surface area (Å²) in [5, 5.41) is 4.43. The summed E-state index contributed by atoms with van der Waals surface area (Å²) in [5.41, 5.74) is 1.06. The lowest BCUT2D eigenvalue weighted by Crippen LogP contribution is -2.31. The molecule has 4 heteroatoms. The van der Waals surface area contributed by atoms with Crippen LogP contribution in [0.15, 0.2) is 12.1 Å². The van der Waals surface area contributed by atoms with E-state index in [0.29, 0.717) is 16.3 Å². The van der Waals surface area contributed by atoms with Gasteiger partial charge in [0.05, 0.1) is 0 Å². The van der Waals surface area contributed by atoms with Crippen LogP contribution in [0.3, 0.4) is 0 Å². The summed E-state index contributed by atoms with van der Waals surface area (Å²) in [6.07, 6.45) is 2.35. The van der Waals surface area contributed by atoms with Crippen LogP contribution in [-0.2, 0) is 0 Å². The van der Waals surface area contributed by atoms with Crippen molar-refractivity contribution in [3.63, 3.8) is 0 Å².